The molecule has 2 heterocycles. The molecular weight excluding hydrogens is 464 g/mol. The van der Waals surface area contributed by atoms with Gasteiger partial charge in [0.05, 0.1) is 38.1 Å². The maximum Gasteiger partial charge on any atom is 0.247 e. The summed E-state index contributed by atoms with van der Waals surface area (Å²) in [7, 11) is -2.23. The Labute approximate surface area is 199 Å². The third kappa shape index (κ3) is 5.31. The number of aromatic nitrogens is 3. The Morgan fingerprint density at radius 3 is 2.64 bits per heavy atom. The number of halogens is 1. The molecule has 8 nitrogen and oxygen atoms in total. The molecule has 1 aliphatic rings. The second-order valence-electron chi connectivity index (χ2n) is 8.49. The SMILES string of the molecule is COc1ccc(Cn2cc(CN3[C@@H](CC(C)C)COc4ccc(Cl)cc4S3(=O)=O)nn2)cc1. The number of sulfonamides is 1. The Balaban J connectivity index is 1.60. The van der Waals surface area contributed by atoms with Crippen molar-refractivity contribution in [2.75, 3.05) is 13.7 Å². The van der Waals surface area contributed by atoms with Crippen molar-refractivity contribution in [1.29, 1.82) is 0 Å². The van der Waals surface area contributed by atoms with Gasteiger partial charge in [-0.05, 0) is 48.2 Å². The van der Waals surface area contributed by atoms with Crippen LogP contribution in [-0.2, 0) is 23.1 Å². The molecule has 10 heteroatoms. The van der Waals surface area contributed by atoms with Crippen molar-refractivity contribution in [2.24, 2.45) is 5.92 Å². The second kappa shape index (κ2) is 9.70. The standard InChI is InChI=1S/C23H27ClN4O4S/c1-16(2)10-20-15-32-22-9-6-18(24)11-23(22)33(29,30)28(20)14-19-13-27(26-25-19)12-17-4-7-21(31-3)8-5-17/h4-9,11,13,16,20H,10,12,14-15H2,1-3H3/t20-/m0/s1. The summed E-state index contributed by atoms with van der Waals surface area (Å²) < 4.78 is 41.6. The first kappa shape index (κ1) is 23.5. The van der Waals surface area contributed by atoms with E-state index in [1.54, 1.807) is 30.1 Å². The average molecular weight is 491 g/mol. The fraction of sp³-hybridized carbons (Fsp3) is 0.391. The lowest BCUT2D eigenvalue weighted by Gasteiger charge is -2.28. The Morgan fingerprint density at radius 2 is 1.94 bits per heavy atom. The Hall–Kier alpha value is -2.62. The van der Waals surface area contributed by atoms with Gasteiger partial charge in [-0.2, -0.15) is 4.31 Å². The van der Waals surface area contributed by atoms with Crippen LogP contribution in [0.5, 0.6) is 11.5 Å². The minimum absolute atomic E-state index is 0.0758. The van der Waals surface area contributed by atoms with Crippen LogP contribution in [0.25, 0.3) is 0 Å². The third-order valence-electron chi connectivity index (χ3n) is 5.48. The summed E-state index contributed by atoms with van der Waals surface area (Å²) in [4.78, 5) is 0.0758. The lowest BCUT2D eigenvalue weighted by molar-refractivity contribution is 0.186. The normalized spacial score (nSPS) is 17.9. The first-order chi connectivity index (χ1) is 15.8. The molecule has 0 bridgehead atoms. The molecule has 0 fully saturated rings. The van der Waals surface area contributed by atoms with E-state index in [1.807, 2.05) is 24.3 Å². The van der Waals surface area contributed by atoms with Gasteiger partial charge in [-0.1, -0.05) is 42.8 Å². The van der Waals surface area contributed by atoms with Crippen molar-refractivity contribution in [3.05, 3.63) is 64.9 Å². The predicted molar refractivity (Wildman–Crippen MR) is 125 cm³/mol. The summed E-state index contributed by atoms with van der Waals surface area (Å²) in [5.41, 5.74) is 1.59. The van der Waals surface area contributed by atoms with Gasteiger partial charge in [-0.25, -0.2) is 13.1 Å². The van der Waals surface area contributed by atoms with Crippen LogP contribution in [0.15, 0.2) is 53.6 Å². The lowest BCUT2D eigenvalue weighted by Crippen LogP contribution is -2.42. The molecule has 0 radical (unpaired) electrons. The molecule has 0 N–H and O–H groups in total. The molecule has 176 valence electrons. The van der Waals surface area contributed by atoms with Crippen LogP contribution in [0.3, 0.4) is 0 Å². The quantitative estimate of drug-likeness (QED) is 0.497. The van der Waals surface area contributed by atoms with Crippen molar-refractivity contribution >= 4 is 21.6 Å². The molecule has 1 aromatic heterocycles. The molecule has 2 aromatic carbocycles. The largest absolute Gasteiger partial charge is 0.497 e. The number of rotatable bonds is 7. The van der Waals surface area contributed by atoms with Crippen LogP contribution in [0, 0.1) is 5.92 Å². The molecule has 0 aliphatic carbocycles. The highest BCUT2D eigenvalue weighted by atomic mass is 35.5. The highest BCUT2D eigenvalue weighted by molar-refractivity contribution is 7.89. The zero-order valence-corrected chi connectivity index (χ0v) is 20.4. The molecule has 0 saturated heterocycles. The number of hydrogen-bond donors (Lipinski definition) is 0. The summed E-state index contributed by atoms with van der Waals surface area (Å²) in [6.07, 6.45) is 2.43. The Bertz CT molecular complexity index is 1210. The highest BCUT2D eigenvalue weighted by Gasteiger charge is 2.38. The van der Waals surface area contributed by atoms with E-state index in [9.17, 15) is 8.42 Å². The molecular formula is C23H27ClN4O4S. The summed E-state index contributed by atoms with van der Waals surface area (Å²) >= 11 is 6.11. The summed E-state index contributed by atoms with van der Waals surface area (Å²) in [5.74, 6) is 1.38. The topological polar surface area (TPSA) is 86.5 Å². The van der Waals surface area contributed by atoms with Gasteiger partial charge in [0.25, 0.3) is 0 Å². The van der Waals surface area contributed by atoms with Gasteiger partial charge in [0.1, 0.15) is 23.0 Å². The van der Waals surface area contributed by atoms with E-state index in [1.165, 1.54) is 10.4 Å². The zero-order chi connectivity index (χ0) is 23.6. The average Bonchev–Trinajstić information content (AvgIpc) is 3.19. The fourth-order valence-electron chi connectivity index (χ4n) is 3.90. The molecule has 4 rings (SSSR count). The lowest BCUT2D eigenvalue weighted by atomic mass is 10.0. The van der Waals surface area contributed by atoms with Gasteiger partial charge in [0.2, 0.25) is 10.0 Å². The van der Waals surface area contributed by atoms with E-state index in [0.29, 0.717) is 29.4 Å². The number of fused-ring (bicyclic) bond motifs is 1. The highest BCUT2D eigenvalue weighted by Crippen LogP contribution is 2.35. The van der Waals surface area contributed by atoms with Gasteiger partial charge in [-0.3, -0.25) is 0 Å². The van der Waals surface area contributed by atoms with E-state index >= 15 is 0 Å². The summed E-state index contributed by atoms with van der Waals surface area (Å²) in [6, 6.07) is 12.0. The van der Waals surface area contributed by atoms with E-state index in [-0.39, 0.29) is 30.0 Å². The number of benzene rings is 2. The van der Waals surface area contributed by atoms with Crippen LogP contribution in [0.4, 0.5) is 0 Å². The van der Waals surface area contributed by atoms with Crippen molar-refractivity contribution in [3.63, 3.8) is 0 Å². The predicted octanol–water partition coefficient (Wildman–Crippen LogP) is 3.99. The van der Waals surface area contributed by atoms with Crippen LogP contribution in [-0.4, -0.2) is 47.5 Å². The number of ether oxygens (including phenoxy) is 2. The summed E-state index contributed by atoms with van der Waals surface area (Å²) in [6.45, 7) is 4.99. The van der Waals surface area contributed by atoms with Crippen LogP contribution >= 0.6 is 11.6 Å². The summed E-state index contributed by atoms with van der Waals surface area (Å²) in [5, 5.41) is 8.78. The van der Waals surface area contributed by atoms with Gasteiger partial charge in [-0.15, -0.1) is 5.10 Å². The van der Waals surface area contributed by atoms with E-state index in [2.05, 4.69) is 24.2 Å². The molecule has 0 spiro atoms. The minimum atomic E-state index is -3.86. The molecule has 0 unspecified atom stereocenters. The number of nitrogens with zero attached hydrogens (tertiary/aromatic N) is 4. The van der Waals surface area contributed by atoms with E-state index < -0.39 is 10.0 Å². The van der Waals surface area contributed by atoms with Crippen molar-refractivity contribution in [3.8, 4) is 11.5 Å². The zero-order valence-electron chi connectivity index (χ0n) is 18.8. The van der Waals surface area contributed by atoms with Gasteiger partial charge in [0, 0.05) is 5.02 Å². The molecule has 3 aromatic rings. The van der Waals surface area contributed by atoms with Crippen molar-refractivity contribution in [2.45, 2.75) is 44.3 Å². The van der Waals surface area contributed by atoms with Crippen LogP contribution in [0.1, 0.15) is 31.5 Å². The molecule has 1 atom stereocenters. The Morgan fingerprint density at radius 1 is 1.18 bits per heavy atom. The van der Waals surface area contributed by atoms with Crippen LogP contribution < -0.4 is 9.47 Å². The maximum atomic E-state index is 13.7. The van der Waals surface area contributed by atoms with Gasteiger partial charge in [0.15, 0.2) is 0 Å². The van der Waals surface area contributed by atoms with Crippen LogP contribution in [0.2, 0.25) is 5.02 Å². The van der Waals surface area contributed by atoms with Gasteiger partial charge >= 0.3 is 0 Å². The number of hydrogen-bond acceptors (Lipinski definition) is 6. The first-order valence-electron chi connectivity index (χ1n) is 10.7. The number of methoxy groups -OCH3 is 1. The molecule has 33 heavy (non-hydrogen) atoms. The fourth-order valence-corrected chi connectivity index (χ4v) is 5.89. The molecule has 1 aliphatic heterocycles. The van der Waals surface area contributed by atoms with Crippen molar-refractivity contribution < 1.29 is 17.9 Å². The van der Waals surface area contributed by atoms with E-state index in [4.69, 9.17) is 21.1 Å². The van der Waals surface area contributed by atoms with E-state index in [0.717, 1.165) is 11.3 Å². The molecule has 0 saturated carbocycles. The third-order valence-corrected chi connectivity index (χ3v) is 7.64. The van der Waals surface area contributed by atoms with Crippen molar-refractivity contribution in [1.82, 2.24) is 19.3 Å². The monoisotopic (exact) mass is 490 g/mol. The first-order valence-corrected chi connectivity index (χ1v) is 12.5. The van der Waals surface area contributed by atoms with Gasteiger partial charge < -0.3 is 9.47 Å². The maximum absolute atomic E-state index is 13.7. The minimum Gasteiger partial charge on any atom is -0.497 e. The smallest absolute Gasteiger partial charge is 0.247 e. The molecule has 0 amide bonds. The second-order valence-corrected chi connectivity index (χ2v) is 10.8. The Kier molecular flexibility index (Phi) is 6.92.